The zero-order chi connectivity index (χ0) is 13.8. The Hall–Kier alpha value is -0.550. The minimum atomic E-state index is 0.0507. The van der Waals surface area contributed by atoms with Crippen LogP contribution in [0.4, 0.5) is 5.69 Å². The minimum Gasteiger partial charge on any atom is -0.377 e. The average molecular weight is 405 g/mol. The van der Waals surface area contributed by atoms with Gasteiger partial charge in [0, 0.05) is 21.2 Å². The number of hydrogen-bond acceptors (Lipinski definition) is 2. The Balaban J connectivity index is 2.21. The summed E-state index contributed by atoms with van der Waals surface area (Å²) >= 11 is 12.9. The summed E-state index contributed by atoms with van der Waals surface area (Å²) in [7, 11) is 0. The molecule has 0 spiro atoms. The van der Waals surface area contributed by atoms with Crippen molar-refractivity contribution in [2.75, 3.05) is 11.9 Å². The van der Waals surface area contributed by atoms with Gasteiger partial charge in [-0.2, -0.15) is 0 Å². The van der Waals surface area contributed by atoms with Crippen molar-refractivity contribution < 1.29 is 0 Å². The smallest absolute Gasteiger partial charge is 0.0636 e. The van der Waals surface area contributed by atoms with Gasteiger partial charge >= 0.3 is 0 Å². The molecule has 0 amide bonds. The van der Waals surface area contributed by atoms with Crippen molar-refractivity contribution in [1.82, 2.24) is 0 Å². The lowest BCUT2D eigenvalue weighted by molar-refractivity contribution is 0.789. The lowest BCUT2D eigenvalue weighted by Crippen LogP contribution is -2.20. The third kappa shape index (κ3) is 3.96. The van der Waals surface area contributed by atoms with Crippen molar-refractivity contribution in [3.63, 3.8) is 0 Å². The molecule has 2 nitrogen and oxygen atoms in total. The van der Waals surface area contributed by atoms with Crippen molar-refractivity contribution in [3.05, 3.63) is 62.0 Å². The first-order valence-electron chi connectivity index (χ1n) is 5.77. The molecule has 0 aliphatic carbocycles. The summed E-state index contributed by atoms with van der Waals surface area (Å²) in [5.41, 5.74) is 7.93. The average Bonchev–Trinajstić information content (AvgIpc) is 2.40. The van der Waals surface area contributed by atoms with Crippen LogP contribution in [-0.2, 0) is 0 Å². The maximum Gasteiger partial charge on any atom is 0.0636 e. The van der Waals surface area contributed by atoms with Crippen molar-refractivity contribution in [1.29, 1.82) is 0 Å². The SMILES string of the molecule is NCC(Nc1ccc(Br)c(Cl)c1)c1cccc(Br)c1. The van der Waals surface area contributed by atoms with Gasteiger partial charge < -0.3 is 11.1 Å². The van der Waals surface area contributed by atoms with Crippen LogP contribution in [0.3, 0.4) is 0 Å². The van der Waals surface area contributed by atoms with E-state index in [9.17, 15) is 0 Å². The molecule has 0 aliphatic heterocycles. The number of hydrogen-bond donors (Lipinski definition) is 2. The molecule has 100 valence electrons. The molecule has 0 saturated heterocycles. The largest absolute Gasteiger partial charge is 0.377 e. The second kappa shape index (κ2) is 6.75. The number of nitrogens with two attached hydrogens (primary N) is 1. The molecule has 3 N–H and O–H groups in total. The Labute approximate surface area is 134 Å². The molecular formula is C14H13Br2ClN2. The fourth-order valence-corrected chi connectivity index (χ4v) is 2.63. The Morgan fingerprint density at radius 2 is 1.95 bits per heavy atom. The van der Waals surface area contributed by atoms with Gasteiger partial charge in [0.2, 0.25) is 0 Å². The second-order valence-corrected chi connectivity index (χ2v) is 6.29. The predicted octanol–water partition coefficient (Wildman–Crippen LogP) is 4.98. The fourth-order valence-electron chi connectivity index (χ4n) is 1.79. The number of benzene rings is 2. The van der Waals surface area contributed by atoms with E-state index in [0.29, 0.717) is 11.6 Å². The highest BCUT2D eigenvalue weighted by Crippen LogP contribution is 2.28. The highest BCUT2D eigenvalue weighted by atomic mass is 79.9. The van der Waals surface area contributed by atoms with Crippen molar-refractivity contribution in [2.45, 2.75) is 6.04 Å². The van der Waals surface area contributed by atoms with Gasteiger partial charge in [-0.25, -0.2) is 0 Å². The molecule has 19 heavy (non-hydrogen) atoms. The molecule has 1 atom stereocenters. The van der Waals surface area contributed by atoms with Crippen LogP contribution in [0.25, 0.3) is 0 Å². The maximum atomic E-state index is 6.09. The lowest BCUT2D eigenvalue weighted by atomic mass is 10.1. The molecule has 0 bridgehead atoms. The van der Waals surface area contributed by atoms with Crippen LogP contribution in [0.15, 0.2) is 51.4 Å². The summed E-state index contributed by atoms with van der Waals surface area (Å²) in [6, 6.07) is 13.9. The normalized spacial score (nSPS) is 12.2. The van der Waals surface area contributed by atoms with Gasteiger partial charge in [0.25, 0.3) is 0 Å². The first-order valence-corrected chi connectivity index (χ1v) is 7.73. The molecule has 0 fully saturated rings. The molecule has 1 unspecified atom stereocenters. The zero-order valence-corrected chi connectivity index (χ0v) is 14.0. The number of anilines is 1. The zero-order valence-electron chi connectivity index (χ0n) is 10.0. The molecule has 0 aromatic heterocycles. The molecular weight excluding hydrogens is 391 g/mol. The highest BCUT2D eigenvalue weighted by Gasteiger charge is 2.10. The fraction of sp³-hybridized carbons (Fsp3) is 0.143. The summed E-state index contributed by atoms with van der Waals surface area (Å²) < 4.78 is 1.92. The topological polar surface area (TPSA) is 38.0 Å². The maximum absolute atomic E-state index is 6.09. The van der Waals surface area contributed by atoms with Crippen LogP contribution in [0.1, 0.15) is 11.6 Å². The molecule has 0 aliphatic rings. The molecule has 2 aromatic carbocycles. The molecule has 0 radical (unpaired) electrons. The summed E-state index contributed by atoms with van der Waals surface area (Å²) in [5.74, 6) is 0. The number of rotatable bonds is 4. The quantitative estimate of drug-likeness (QED) is 0.754. The van der Waals surface area contributed by atoms with Gasteiger partial charge in [0.1, 0.15) is 0 Å². The molecule has 0 saturated carbocycles. The van der Waals surface area contributed by atoms with E-state index >= 15 is 0 Å². The van der Waals surface area contributed by atoms with Crippen LogP contribution in [-0.4, -0.2) is 6.54 Å². The van der Waals surface area contributed by atoms with Crippen molar-refractivity contribution >= 4 is 49.1 Å². The number of halogens is 3. The van der Waals surface area contributed by atoms with E-state index in [1.54, 1.807) is 0 Å². The van der Waals surface area contributed by atoms with E-state index in [2.05, 4.69) is 49.3 Å². The monoisotopic (exact) mass is 402 g/mol. The molecule has 5 heteroatoms. The van der Waals surface area contributed by atoms with E-state index in [4.69, 9.17) is 17.3 Å². The summed E-state index contributed by atoms with van der Waals surface area (Å²) in [6.45, 7) is 0.504. The molecule has 2 rings (SSSR count). The molecule has 2 aromatic rings. The first-order chi connectivity index (χ1) is 9.10. The van der Waals surface area contributed by atoms with E-state index in [1.807, 2.05) is 30.3 Å². The van der Waals surface area contributed by atoms with Crippen LogP contribution in [0.2, 0.25) is 5.02 Å². The summed E-state index contributed by atoms with van der Waals surface area (Å²) in [4.78, 5) is 0. The van der Waals surface area contributed by atoms with Crippen molar-refractivity contribution in [2.24, 2.45) is 5.73 Å². The van der Waals surface area contributed by atoms with Gasteiger partial charge in [0.05, 0.1) is 11.1 Å². The Kier molecular flexibility index (Phi) is 5.28. The Morgan fingerprint density at radius 1 is 1.16 bits per heavy atom. The van der Waals surface area contributed by atoms with E-state index < -0.39 is 0 Å². The second-order valence-electron chi connectivity index (χ2n) is 4.12. The molecule has 0 heterocycles. The predicted molar refractivity (Wildman–Crippen MR) is 88.7 cm³/mol. The van der Waals surface area contributed by atoms with Gasteiger partial charge in [-0.3, -0.25) is 0 Å². The minimum absolute atomic E-state index is 0.0507. The van der Waals surface area contributed by atoms with Gasteiger partial charge in [0.15, 0.2) is 0 Å². The lowest BCUT2D eigenvalue weighted by Gasteiger charge is -2.19. The van der Waals surface area contributed by atoms with Gasteiger partial charge in [-0.1, -0.05) is 39.7 Å². The Morgan fingerprint density at radius 3 is 2.58 bits per heavy atom. The van der Waals surface area contributed by atoms with E-state index in [1.165, 1.54) is 0 Å². The van der Waals surface area contributed by atoms with Gasteiger partial charge in [-0.05, 0) is 51.8 Å². The van der Waals surface area contributed by atoms with E-state index in [0.717, 1.165) is 20.2 Å². The van der Waals surface area contributed by atoms with Crippen LogP contribution in [0.5, 0.6) is 0 Å². The first kappa shape index (κ1) is 14.9. The summed E-state index contributed by atoms with van der Waals surface area (Å²) in [5, 5.41) is 4.07. The third-order valence-electron chi connectivity index (χ3n) is 2.75. The van der Waals surface area contributed by atoms with E-state index in [-0.39, 0.29) is 6.04 Å². The third-order valence-corrected chi connectivity index (χ3v) is 4.47. The van der Waals surface area contributed by atoms with Crippen molar-refractivity contribution in [3.8, 4) is 0 Å². The Bertz CT molecular complexity index is 575. The highest BCUT2D eigenvalue weighted by molar-refractivity contribution is 9.10. The van der Waals surface area contributed by atoms with Crippen LogP contribution in [0, 0.1) is 0 Å². The van der Waals surface area contributed by atoms with Crippen LogP contribution < -0.4 is 11.1 Å². The summed E-state index contributed by atoms with van der Waals surface area (Å²) in [6.07, 6.45) is 0. The van der Waals surface area contributed by atoms with Crippen LogP contribution >= 0.6 is 43.5 Å². The number of nitrogens with one attached hydrogen (secondary N) is 1. The van der Waals surface area contributed by atoms with Gasteiger partial charge in [-0.15, -0.1) is 0 Å². The standard InChI is InChI=1S/C14H13Br2ClN2/c15-10-3-1-2-9(6-10)14(8-18)19-11-4-5-12(16)13(17)7-11/h1-7,14,19H,8,18H2.